The monoisotopic (exact) mass is 286 g/mol. The van der Waals surface area contributed by atoms with Crippen LogP contribution in [0.15, 0.2) is 18.2 Å². The van der Waals surface area contributed by atoms with E-state index in [2.05, 4.69) is 17.3 Å². The summed E-state index contributed by atoms with van der Waals surface area (Å²) in [5.41, 5.74) is 1.07. The lowest BCUT2D eigenvalue weighted by atomic mass is 10.0. The van der Waals surface area contributed by atoms with Gasteiger partial charge in [-0.1, -0.05) is 29.6 Å². The number of hydrogen-bond acceptors (Lipinski definition) is 2. The fourth-order valence-corrected chi connectivity index (χ4v) is 2.83. The number of nitrogens with zero attached hydrogens (tertiary/aromatic N) is 1. The Labute approximate surface area is 119 Å². The van der Waals surface area contributed by atoms with Gasteiger partial charge in [0.1, 0.15) is 0 Å². The molecule has 2 rings (SSSR count). The first-order valence-electron chi connectivity index (χ1n) is 6.51. The van der Waals surface area contributed by atoms with E-state index in [1.165, 1.54) is 25.8 Å². The van der Waals surface area contributed by atoms with Crippen LogP contribution in [0.1, 0.15) is 24.8 Å². The molecular weight excluding hydrogens is 267 g/mol. The molecule has 0 aromatic heterocycles. The minimum atomic E-state index is 0.650. The molecule has 1 saturated heterocycles. The van der Waals surface area contributed by atoms with E-state index in [9.17, 15) is 0 Å². The summed E-state index contributed by atoms with van der Waals surface area (Å²) in [4.78, 5) is 2.44. The van der Waals surface area contributed by atoms with Crippen molar-refractivity contribution in [3.63, 3.8) is 0 Å². The first kappa shape index (κ1) is 14.1. The van der Waals surface area contributed by atoms with Crippen molar-refractivity contribution in [3.05, 3.63) is 33.8 Å². The van der Waals surface area contributed by atoms with E-state index in [0.29, 0.717) is 6.04 Å². The SMILES string of the molecule is CN1CCCCC1CNCc1cc(Cl)ccc1Cl. The molecule has 0 radical (unpaired) electrons. The number of piperidine rings is 1. The molecule has 0 saturated carbocycles. The van der Waals surface area contributed by atoms with Gasteiger partial charge in [-0.3, -0.25) is 0 Å². The van der Waals surface area contributed by atoms with Crippen LogP contribution in [0.3, 0.4) is 0 Å². The van der Waals surface area contributed by atoms with Gasteiger partial charge in [0.25, 0.3) is 0 Å². The van der Waals surface area contributed by atoms with E-state index in [4.69, 9.17) is 23.2 Å². The molecule has 1 aliphatic heterocycles. The quantitative estimate of drug-likeness (QED) is 0.910. The molecule has 100 valence electrons. The standard InChI is InChI=1S/C14H20Cl2N2/c1-18-7-3-2-4-13(18)10-17-9-11-8-12(15)5-6-14(11)16/h5-6,8,13,17H,2-4,7,9-10H2,1H3. The van der Waals surface area contributed by atoms with Gasteiger partial charge >= 0.3 is 0 Å². The Morgan fingerprint density at radius 3 is 2.94 bits per heavy atom. The summed E-state index contributed by atoms with van der Waals surface area (Å²) in [5, 5.41) is 5.01. The Bertz CT molecular complexity index is 395. The molecule has 0 bridgehead atoms. The number of likely N-dealkylation sites (tertiary alicyclic amines) is 1. The van der Waals surface area contributed by atoms with Crippen LogP contribution in [-0.2, 0) is 6.54 Å². The number of rotatable bonds is 4. The summed E-state index contributed by atoms with van der Waals surface area (Å²) in [6.07, 6.45) is 3.95. The summed E-state index contributed by atoms with van der Waals surface area (Å²) in [5.74, 6) is 0. The Morgan fingerprint density at radius 1 is 1.33 bits per heavy atom. The zero-order valence-corrected chi connectivity index (χ0v) is 12.3. The lowest BCUT2D eigenvalue weighted by molar-refractivity contribution is 0.181. The smallest absolute Gasteiger partial charge is 0.0451 e. The Balaban J connectivity index is 1.82. The zero-order chi connectivity index (χ0) is 13.0. The van der Waals surface area contributed by atoms with E-state index in [0.717, 1.165) is 28.7 Å². The van der Waals surface area contributed by atoms with Gasteiger partial charge in [0.15, 0.2) is 0 Å². The topological polar surface area (TPSA) is 15.3 Å². The molecule has 1 N–H and O–H groups in total. The van der Waals surface area contributed by atoms with Crippen molar-refractivity contribution in [2.24, 2.45) is 0 Å². The maximum atomic E-state index is 6.14. The summed E-state index contributed by atoms with van der Waals surface area (Å²) in [6.45, 7) is 3.01. The van der Waals surface area contributed by atoms with Crippen LogP contribution in [0, 0.1) is 0 Å². The lowest BCUT2D eigenvalue weighted by Gasteiger charge is -2.32. The highest BCUT2D eigenvalue weighted by Crippen LogP contribution is 2.20. The van der Waals surface area contributed by atoms with Crippen molar-refractivity contribution in [1.82, 2.24) is 10.2 Å². The number of likely N-dealkylation sites (N-methyl/N-ethyl adjacent to an activating group) is 1. The average molecular weight is 287 g/mol. The normalized spacial score (nSPS) is 21.2. The Kier molecular flexibility index (Phi) is 5.31. The van der Waals surface area contributed by atoms with Crippen LogP contribution in [0.25, 0.3) is 0 Å². The highest BCUT2D eigenvalue weighted by atomic mass is 35.5. The zero-order valence-electron chi connectivity index (χ0n) is 10.8. The van der Waals surface area contributed by atoms with Crippen molar-refractivity contribution in [2.75, 3.05) is 20.1 Å². The molecule has 1 fully saturated rings. The van der Waals surface area contributed by atoms with Crippen LogP contribution >= 0.6 is 23.2 Å². The van der Waals surface area contributed by atoms with Crippen molar-refractivity contribution in [1.29, 1.82) is 0 Å². The van der Waals surface area contributed by atoms with Crippen molar-refractivity contribution in [2.45, 2.75) is 31.8 Å². The number of nitrogens with one attached hydrogen (secondary N) is 1. The van der Waals surface area contributed by atoms with Gasteiger partial charge < -0.3 is 10.2 Å². The van der Waals surface area contributed by atoms with Gasteiger partial charge in [-0.2, -0.15) is 0 Å². The van der Waals surface area contributed by atoms with Crippen molar-refractivity contribution >= 4 is 23.2 Å². The Hall–Kier alpha value is -0.280. The van der Waals surface area contributed by atoms with Crippen LogP contribution in [0.4, 0.5) is 0 Å². The van der Waals surface area contributed by atoms with Crippen LogP contribution in [0.5, 0.6) is 0 Å². The fraction of sp³-hybridized carbons (Fsp3) is 0.571. The van der Waals surface area contributed by atoms with Gasteiger partial charge in [0, 0.05) is 29.2 Å². The molecule has 1 unspecified atom stereocenters. The molecule has 18 heavy (non-hydrogen) atoms. The summed E-state index contributed by atoms with van der Waals surface area (Å²) >= 11 is 12.1. The molecule has 0 aliphatic carbocycles. The summed E-state index contributed by atoms with van der Waals surface area (Å²) < 4.78 is 0. The van der Waals surface area contributed by atoms with Crippen LogP contribution in [0.2, 0.25) is 10.0 Å². The van der Waals surface area contributed by atoms with E-state index in [-0.39, 0.29) is 0 Å². The van der Waals surface area contributed by atoms with Crippen LogP contribution in [-0.4, -0.2) is 31.1 Å². The summed E-state index contributed by atoms with van der Waals surface area (Å²) in [7, 11) is 2.21. The largest absolute Gasteiger partial charge is 0.311 e. The maximum Gasteiger partial charge on any atom is 0.0451 e. The molecule has 2 nitrogen and oxygen atoms in total. The van der Waals surface area contributed by atoms with Gasteiger partial charge in [-0.25, -0.2) is 0 Å². The molecule has 1 heterocycles. The Morgan fingerprint density at radius 2 is 2.17 bits per heavy atom. The number of hydrogen-bond donors (Lipinski definition) is 1. The molecule has 1 aliphatic rings. The number of benzene rings is 1. The molecule has 1 aromatic carbocycles. The molecule has 1 atom stereocenters. The highest BCUT2D eigenvalue weighted by molar-refractivity contribution is 6.33. The second kappa shape index (κ2) is 6.76. The maximum absolute atomic E-state index is 6.14. The van der Waals surface area contributed by atoms with Gasteiger partial charge in [-0.15, -0.1) is 0 Å². The predicted molar refractivity (Wildman–Crippen MR) is 78.4 cm³/mol. The second-order valence-electron chi connectivity index (χ2n) is 5.00. The van der Waals surface area contributed by atoms with Gasteiger partial charge in [0.2, 0.25) is 0 Å². The first-order valence-corrected chi connectivity index (χ1v) is 7.27. The predicted octanol–water partition coefficient (Wildman–Crippen LogP) is 3.57. The van der Waals surface area contributed by atoms with Crippen molar-refractivity contribution in [3.8, 4) is 0 Å². The third kappa shape index (κ3) is 3.86. The van der Waals surface area contributed by atoms with E-state index >= 15 is 0 Å². The second-order valence-corrected chi connectivity index (χ2v) is 5.84. The third-order valence-corrected chi connectivity index (χ3v) is 4.23. The van der Waals surface area contributed by atoms with E-state index in [1.807, 2.05) is 18.2 Å². The van der Waals surface area contributed by atoms with E-state index < -0.39 is 0 Å². The average Bonchev–Trinajstić information content (AvgIpc) is 2.36. The fourth-order valence-electron chi connectivity index (χ4n) is 2.45. The first-order chi connectivity index (χ1) is 8.66. The molecular formula is C14H20Cl2N2. The van der Waals surface area contributed by atoms with Gasteiger partial charge in [-0.05, 0) is 50.2 Å². The van der Waals surface area contributed by atoms with Crippen molar-refractivity contribution < 1.29 is 0 Å². The summed E-state index contributed by atoms with van der Waals surface area (Å²) in [6, 6.07) is 6.26. The molecule has 0 amide bonds. The minimum Gasteiger partial charge on any atom is -0.311 e. The molecule has 4 heteroatoms. The molecule has 1 aromatic rings. The highest BCUT2D eigenvalue weighted by Gasteiger charge is 2.18. The third-order valence-electron chi connectivity index (χ3n) is 3.62. The molecule has 0 spiro atoms. The van der Waals surface area contributed by atoms with Crippen LogP contribution < -0.4 is 5.32 Å². The number of halogens is 2. The lowest BCUT2D eigenvalue weighted by Crippen LogP contribution is -2.42. The van der Waals surface area contributed by atoms with E-state index in [1.54, 1.807) is 0 Å². The van der Waals surface area contributed by atoms with Gasteiger partial charge in [0.05, 0.1) is 0 Å². The minimum absolute atomic E-state index is 0.650.